The van der Waals surface area contributed by atoms with E-state index in [0.717, 1.165) is 41.1 Å². The number of ether oxygens (including phenoxy) is 2. The van der Waals surface area contributed by atoms with Crippen molar-refractivity contribution in [3.05, 3.63) is 51.9 Å². The number of pyridine rings is 1. The molecule has 30 heavy (non-hydrogen) atoms. The lowest BCUT2D eigenvalue weighted by molar-refractivity contribution is -0.0396. The second kappa shape index (κ2) is 7.34. The fourth-order valence-corrected chi connectivity index (χ4v) is 5.35. The summed E-state index contributed by atoms with van der Waals surface area (Å²) in [5, 5.41) is 0.919. The number of ketones is 1. The maximum absolute atomic E-state index is 13.2. The van der Waals surface area contributed by atoms with E-state index >= 15 is 0 Å². The number of fused-ring (bicyclic) bond motifs is 3. The van der Waals surface area contributed by atoms with Crippen molar-refractivity contribution in [1.29, 1.82) is 0 Å². The molecule has 7 heteroatoms. The zero-order valence-electron chi connectivity index (χ0n) is 17.2. The molecule has 4 heterocycles. The second-order valence-corrected chi connectivity index (χ2v) is 9.44. The maximum atomic E-state index is 13.2. The summed E-state index contributed by atoms with van der Waals surface area (Å²) < 4.78 is 11.7. The Morgan fingerprint density at radius 3 is 2.63 bits per heavy atom. The topological polar surface area (TPSA) is 77.7 Å². The maximum Gasteiger partial charge on any atom is 0.205 e. The minimum Gasteiger partial charge on any atom is -0.397 e. The summed E-state index contributed by atoms with van der Waals surface area (Å²) >= 11 is 1.39. The summed E-state index contributed by atoms with van der Waals surface area (Å²) in [6.07, 6.45) is 0.735. The van der Waals surface area contributed by atoms with E-state index in [1.807, 2.05) is 30.3 Å². The largest absolute Gasteiger partial charge is 0.397 e. The first-order chi connectivity index (χ1) is 14.4. The van der Waals surface area contributed by atoms with Crippen molar-refractivity contribution < 1.29 is 14.3 Å². The second-order valence-electron chi connectivity index (χ2n) is 8.44. The van der Waals surface area contributed by atoms with Crippen LogP contribution >= 0.6 is 11.3 Å². The van der Waals surface area contributed by atoms with Gasteiger partial charge in [-0.1, -0.05) is 30.3 Å². The molecule has 0 spiro atoms. The van der Waals surface area contributed by atoms with Gasteiger partial charge in [0.25, 0.3) is 0 Å². The van der Waals surface area contributed by atoms with E-state index in [9.17, 15) is 4.79 Å². The Bertz CT molecular complexity index is 1120. The Morgan fingerprint density at radius 2 is 1.90 bits per heavy atom. The molecule has 0 amide bonds. The third-order valence-corrected chi connectivity index (χ3v) is 6.93. The molecule has 0 unspecified atom stereocenters. The van der Waals surface area contributed by atoms with E-state index in [2.05, 4.69) is 18.7 Å². The number of carbonyl (C=O) groups is 1. The predicted octanol–water partition coefficient (Wildman–Crippen LogP) is 3.80. The number of nitrogens with two attached hydrogens (primary N) is 1. The Labute approximate surface area is 179 Å². The summed E-state index contributed by atoms with van der Waals surface area (Å²) in [6, 6.07) is 9.29. The molecule has 2 aliphatic rings. The molecular formula is C23H25N3O3S. The van der Waals surface area contributed by atoms with Crippen molar-refractivity contribution in [2.75, 3.05) is 36.9 Å². The number of nitrogen functional groups attached to an aromatic ring is 1. The first-order valence-corrected chi connectivity index (χ1v) is 11.1. The van der Waals surface area contributed by atoms with Crippen molar-refractivity contribution in [2.45, 2.75) is 32.5 Å². The SMILES string of the molecule is CC1(C)Cc2c(c(N3CCOCC3)nc3sc(C(=O)c4ccccc4)c(N)c23)CO1. The number of morpholine rings is 1. The van der Waals surface area contributed by atoms with E-state index < -0.39 is 0 Å². The van der Waals surface area contributed by atoms with Crippen LogP contribution in [0.5, 0.6) is 0 Å². The van der Waals surface area contributed by atoms with Crippen molar-refractivity contribution in [3.63, 3.8) is 0 Å². The third-order valence-electron chi connectivity index (χ3n) is 5.83. The van der Waals surface area contributed by atoms with Gasteiger partial charge in [-0.25, -0.2) is 4.98 Å². The predicted molar refractivity (Wildman–Crippen MR) is 120 cm³/mol. The lowest BCUT2D eigenvalue weighted by atomic mass is 9.89. The molecule has 0 aliphatic carbocycles. The summed E-state index contributed by atoms with van der Waals surface area (Å²) in [5.41, 5.74) is 9.74. The Kier molecular flexibility index (Phi) is 4.76. The molecule has 2 N–H and O–H groups in total. The van der Waals surface area contributed by atoms with Gasteiger partial charge in [0, 0.05) is 36.0 Å². The highest BCUT2D eigenvalue weighted by molar-refractivity contribution is 7.21. The molecule has 3 aromatic rings. The van der Waals surface area contributed by atoms with Gasteiger partial charge < -0.3 is 20.1 Å². The fourth-order valence-electron chi connectivity index (χ4n) is 4.27. The number of anilines is 2. The first-order valence-electron chi connectivity index (χ1n) is 10.2. The molecule has 0 radical (unpaired) electrons. The summed E-state index contributed by atoms with van der Waals surface area (Å²) in [6.45, 7) is 7.64. The van der Waals surface area contributed by atoms with E-state index in [-0.39, 0.29) is 11.4 Å². The Morgan fingerprint density at radius 1 is 1.17 bits per heavy atom. The minimum absolute atomic E-state index is 0.0518. The van der Waals surface area contributed by atoms with Crippen molar-refractivity contribution in [1.82, 2.24) is 4.98 Å². The quantitative estimate of drug-likeness (QED) is 0.646. The Balaban J connectivity index is 1.70. The Hall–Kier alpha value is -2.48. The van der Waals surface area contributed by atoms with Crippen LogP contribution < -0.4 is 10.6 Å². The highest BCUT2D eigenvalue weighted by Gasteiger charge is 2.34. The highest BCUT2D eigenvalue weighted by atomic mass is 32.1. The lowest BCUT2D eigenvalue weighted by Gasteiger charge is -2.36. The van der Waals surface area contributed by atoms with Crippen LogP contribution in [0.2, 0.25) is 0 Å². The number of carbonyl (C=O) groups excluding carboxylic acids is 1. The van der Waals surface area contributed by atoms with Gasteiger partial charge >= 0.3 is 0 Å². The molecule has 156 valence electrons. The van der Waals surface area contributed by atoms with Gasteiger partial charge in [0.1, 0.15) is 15.5 Å². The molecule has 5 rings (SSSR count). The monoisotopic (exact) mass is 423 g/mol. The standard InChI is InChI=1S/C23H25N3O3S/c1-23(2)12-15-16(13-29-23)21(26-8-10-28-11-9-26)25-22-17(15)18(24)20(30-22)19(27)14-6-4-3-5-7-14/h3-7H,8-13,24H2,1-2H3. The zero-order chi connectivity index (χ0) is 20.9. The summed E-state index contributed by atoms with van der Waals surface area (Å²) in [7, 11) is 0. The number of rotatable bonds is 3. The normalized spacial score (nSPS) is 18.4. The van der Waals surface area contributed by atoms with Crippen LogP contribution in [-0.4, -0.2) is 42.7 Å². The number of hydrogen-bond donors (Lipinski definition) is 1. The molecule has 2 aliphatic heterocycles. The zero-order valence-corrected chi connectivity index (χ0v) is 18.1. The average molecular weight is 424 g/mol. The number of hydrogen-bond acceptors (Lipinski definition) is 7. The fraction of sp³-hybridized carbons (Fsp3) is 0.391. The van der Waals surface area contributed by atoms with Gasteiger partial charge in [-0.05, 0) is 19.4 Å². The van der Waals surface area contributed by atoms with Gasteiger partial charge in [0.2, 0.25) is 5.78 Å². The van der Waals surface area contributed by atoms with Crippen LogP contribution in [0.4, 0.5) is 11.5 Å². The third kappa shape index (κ3) is 3.27. The van der Waals surface area contributed by atoms with Crippen LogP contribution in [0, 0.1) is 0 Å². The average Bonchev–Trinajstić information content (AvgIpc) is 3.09. The molecular weight excluding hydrogens is 398 g/mol. The molecule has 2 aromatic heterocycles. The number of benzene rings is 1. The molecule has 0 bridgehead atoms. The van der Waals surface area contributed by atoms with E-state index in [0.29, 0.717) is 35.9 Å². The van der Waals surface area contributed by atoms with Gasteiger partial charge in [-0.3, -0.25) is 4.79 Å². The van der Waals surface area contributed by atoms with Crippen molar-refractivity contribution >= 4 is 38.8 Å². The first kappa shape index (κ1) is 19.5. The van der Waals surface area contributed by atoms with Crippen LogP contribution in [0.15, 0.2) is 30.3 Å². The highest BCUT2D eigenvalue weighted by Crippen LogP contribution is 2.44. The number of aromatic nitrogens is 1. The molecule has 1 saturated heterocycles. The number of nitrogens with zero attached hydrogens (tertiary/aromatic N) is 2. The summed E-state index contributed by atoms with van der Waals surface area (Å²) in [5.74, 6) is 0.889. The lowest BCUT2D eigenvalue weighted by Crippen LogP contribution is -2.39. The van der Waals surface area contributed by atoms with E-state index in [4.69, 9.17) is 20.2 Å². The van der Waals surface area contributed by atoms with Crippen LogP contribution in [0.3, 0.4) is 0 Å². The van der Waals surface area contributed by atoms with Crippen molar-refractivity contribution in [3.8, 4) is 0 Å². The van der Waals surface area contributed by atoms with Crippen LogP contribution in [0.1, 0.15) is 40.2 Å². The van der Waals surface area contributed by atoms with Crippen molar-refractivity contribution in [2.24, 2.45) is 0 Å². The van der Waals surface area contributed by atoms with E-state index in [1.54, 1.807) is 0 Å². The number of thiophene rings is 1. The summed E-state index contributed by atoms with van der Waals surface area (Å²) in [4.78, 5) is 21.8. The van der Waals surface area contributed by atoms with Gasteiger partial charge in [-0.2, -0.15) is 0 Å². The molecule has 1 aromatic carbocycles. The van der Waals surface area contributed by atoms with Gasteiger partial charge in [0.05, 0.1) is 31.1 Å². The van der Waals surface area contributed by atoms with Crippen LogP contribution in [0.25, 0.3) is 10.2 Å². The van der Waals surface area contributed by atoms with E-state index in [1.165, 1.54) is 16.9 Å². The molecule has 6 nitrogen and oxygen atoms in total. The minimum atomic E-state index is -0.290. The van der Waals surface area contributed by atoms with Gasteiger partial charge in [-0.15, -0.1) is 11.3 Å². The molecule has 0 atom stereocenters. The smallest absolute Gasteiger partial charge is 0.205 e. The molecule has 0 saturated carbocycles. The molecule has 1 fully saturated rings. The van der Waals surface area contributed by atoms with Crippen LogP contribution in [-0.2, 0) is 22.5 Å². The van der Waals surface area contributed by atoms with Gasteiger partial charge in [0.15, 0.2) is 0 Å².